The first-order chi connectivity index (χ1) is 7.36. The van der Waals surface area contributed by atoms with Crippen molar-refractivity contribution in [3.05, 3.63) is 17.5 Å². The molecule has 0 saturated carbocycles. The van der Waals surface area contributed by atoms with E-state index < -0.39 is 5.97 Å². The van der Waals surface area contributed by atoms with Gasteiger partial charge in [0, 0.05) is 11.3 Å². The van der Waals surface area contributed by atoms with Crippen LogP contribution in [0.4, 0.5) is 0 Å². The van der Waals surface area contributed by atoms with E-state index in [1.54, 1.807) is 6.20 Å². The highest BCUT2D eigenvalue weighted by atomic mass is 16.4. The van der Waals surface area contributed by atoms with E-state index in [0.717, 1.165) is 24.1 Å². The van der Waals surface area contributed by atoms with Gasteiger partial charge in [-0.2, -0.15) is 5.10 Å². The van der Waals surface area contributed by atoms with Crippen molar-refractivity contribution in [3.8, 4) is 0 Å². The number of carboxylic acid groups (broad SMARTS) is 1. The summed E-state index contributed by atoms with van der Waals surface area (Å²) >= 11 is 0. The van der Waals surface area contributed by atoms with Crippen molar-refractivity contribution in [3.63, 3.8) is 0 Å². The molecule has 0 amide bonds. The summed E-state index contributed by atoms with van der Waals surface area (Å²) in [6.07, 6.45) is 3.62. The van der Waals surface area contributed by atoms with Gasteiger partial charge in [0.05, 0.1) is 18.2 Å². The second kappa shape index (κ2) is 4.68. The topological polar surface area (TPSA) is 55.1 Å². The van der Waals surface area contributed by atoms with E-state index >= 15 is 0 Å². The van der Waals surface area contributed by atoms with Crippen LogP contribution in [-0.4, -0.2) is 20.9 Å². The largest absolute Gasteiger partial charge is 0.481 e. The van der Waals surface area contributed by atoms with Crippen LogP contribution in [0.2, 0.25) is 0 Å². The Hall–Kier alpha value is -1.32. The number of aliphatic carboxylic acids is 1. The predicted molar refractivity (Wildman–Crippen MR) is 62.6 cm³/mol. The number of aromatic nitrogens is 2. The van der Waals surface area contributed by atoms with Gasteiger partial charge < -0.3 is 5.11 Å². The fourth-order valence-electron chi connectivity index (χ4n) is 1.80. The van der Waals surface area contributed by atoms with E-state index in [4.69, 9.17) is 5.11 Å². The van der Waals surface area contributed by atoms with E-state index in [0.29, 0.717) is 0 Å². The minimum absolute atomic E-state index is 0.0609. The first-order valence-corrected chi connectivity index (χ1v) is 5.64. The first-order valence-electron chi connectivity index (χ1n) is 5.64. The summed E-state index contributed by atoms with van der Waals surface area (Å²) in [5.74, 6) is -0.800. The van der Waals surface area contributed by atoms with Crippen LogP contribution in [0.15, 0.2) is 6.20 Å². The number of hydrogen-bond acceptors (Lipinski definition) is 2. The van der Waals surface area contributed by atoms with Crippen LogP contribution in [0.5, 0.6) is 0 Å². The first kappa shape index (κ1) is 12.7. The highest BCUT2D eigenvalue weighted by Gasteiger charge is 2.21. The summed E-state index contributed by atoms with van der Waals surface area (Å²) in [4.78, 5) is 10.7. The Morgan fingerprint density at radius 2 is 2.12 bits per heavy atom. The van der Waals surface area contributed by atoms with Gasteiger partial charge in [-0.05, 0) is 27.2 Å². The minimum atomic E-state index is -0.800. The Morgan fingerprint density at radius 3 is 2.56 bits per heavy atom. The maximum atomic E-state index is 10.7. The number of nitrogens with zero attached hydrogens (tertiary/aromatic N) is 2. The van der Waals surface area contributed by atoms with Crippen molar-refractivity contribution < 1.29 is 9.90 Å². The molecule has 1 N–H and O–H groups in total. The molecule has 0 unspecified atom stereocenters. The molecule has 0 saturated heterocycles. The van der Waals surface area contributed by atoms with Crippen molar-refractivity contribution in [2.75, 3.05) is 0 Å². The molecule has 1 rings (SSSR count). The molecule has 0 spiro atoms. The summed E-state index contributed by atoms with van der Waals surface area (Å²) in [5.41, 5.74) is 1.79. The van der Waals surface area contributed by atoms with Gasteiger partial charge in [-0.1, -0.05) is 13.3 Å². The molecular formula is C12H20N2O2. The molecule has 4 nitrogen and oxygen atoms in total. The summed E-state index contributed by atoms with van der Waals surface area (Å²) in [6, 6.07) is 0. The Bertz CT molecular complexity index is 375. The summed E-state index contributed by atoms with van der Waals surface area (Å²) in [6.45, 7) is 8.31. The van der Waals surface area contributed by atoms with Crippen LogP contribution < -0.4 is 0 Å². The normalized spacial score (nSPS) is 11.8. The molecule has 90 valence electrons. The zero-order valence-corrected chi connectivity index (χ0v) is 10.4. The van der Waals surface area contributed by atoms with Gasteiger partial charge in [0.1, 0.15) is 0 Å². The van der Waals surface area contributed by atoms with Crippen molar-refractivity contribution in [1.29, 1.82) is 0 Å². The number of carbonyl (C=O) groups is 1. The van der Waals surface area contributed by atoms with Crippen molar-refractivity contribution in [2.24, 2.45) is 0 Å². The number of rotatable bonds is 4. The van der Waals surface area contributed by atoms with Gasteiger partial charge >= 0.3 is 5.97 Å². The molecule has 1 aromatic heterocycles. The van der Waals surface area contributed by atoms with Crippen LogP contribution in [0.3, 0.4) is 0 Å². The average Bonchev–Trinajstić information content (AvgIpc) is 2.47. The molecule has 4 heteroatoms. The third kappa shape index (κ3) is 2.84. The summed E-state index contributed by atoms with van der Waals surface area (Å²) in [5, 5.41) is 13.1. The van der Waals surface area contributed by atoms with E-state index in [9.17, 15) is 4.79 Å². The molecule has 0 atom stereocenters. The lowest BCUT2D eigenvalue weighted by molar-refractivity contribution is -0.136. The number of hydrogen-bond donors (Lipinski definition) is 1. The zero-order chi connectivity index (χ0) is 12.3. The second-order valence-electron chi connectivity index (χ2n) is 5.02. The van der Waals surface area contributed by atoms with Crippen LogP contribution in [-0.2, 0) is 23.2 Å². The van der Waals surface area contributed by atoms with Crippen LogP contribution in [0.25, 0.3) is 0 Å². The maximum absolute atomic E-state index is 10.7. The maximum Gasteiger partial charge on any atom is 0.307 e. The molecule has 0 aliphatic heterocycles. The highest BCUT2D eigenvalue weighted by molar-refractivity contribution is 5.70. The van der Waals surface area contributed by atoms with E-state index in [1.165, 1.54) is 0 Å². The molecule has 0 radical (unpaired) electrons. The van der Waals surface area contributed by atoms with Crippen LogP contribution in [0.1, 0.15) is 45.4 Å². The Morgan fingerprint density at radius 1 is 1.50 bits per heavy atom. The lowest BCUT2D eigenvalue weighted by Crippen LogP contribution is -2.25. The SMILES string of the molecule is CCCc1c(CC(=O)O)cnn1C(C)(C)C. The van der Waals surface area contributed by atoms with Crippen molar-refractivity contribution >= 4 is 5.97 Å². The van der Waals surface area contributed by atoms with E-state index in [2.05, 4.69) is 32.8 Å². The third-order valence-electron chi connectivity index (χ3n) is 2.42. The molecule has 0 bridgehead atoms. The predicted octanol–water partition coefficient (Wildman–Crippen LogP) is 2.22. The Kier molecular flexibility index (Phi) is 3.73. The van der Waals surface area contributed by atoms with Crippen molar-refractivity contribution in [2.45, 2.75) is 52.5 Å². The average molecular weight is 224 g/mol. The van der Waals surface area contributed by atoms with Crippen LogP contribution >= 0.6 is 0 Å². The van der Waals surface area contributed by atoms with E-state index in [1.807, 2.05) is 4.68 Å². The standard InChI is InChI=1S/C12H20N2O2/c1-5-6-10-9(7-11(15)16)8-13-14(10)12(2,3)4/h8H,5-7H2,1-4H3,(H,15,16). The fourth-order valence-corrected chi connectivity index (χ4v) is 1.80. The molecular weight excluding hydrogens is 204 g/mol. The van der Waals surface area contributed by atoms with Gasteiger partial charge in [-0.15, -0.1) is 0 Å². The number of carboxylic acids is 1. The van der Waals surface area contributed by atoms with Gasteiger partial charge in [-0.3, -0.25) is 9.48 Å². The highest BCUT2D eigenvalue weighted by Crippen LogP contribution is 2.20. The molecule has 1 aromatic rings. The van der Waals surface area contributed by atoms with Gasteiger partial charge in [0.2, 0.25) is 0 Å². The lowest BCUT2D eigenvalue weighted by Gasteiger charge is -2.22. The third-order valence-corrected chi connectivity index (χ3v) is 2.42. The Labute approximate surface area is 96.3 Å². The van der Waals surface area contributed by atoms with E-state index in [-0.39, 0.29) is 12.0 Å². The molecule has 0 aromatic carbocycles. The van der Waals surface area contributed by atoms with Crippen molar-refractivity contribution in [1.82, 2.24) is 9.78 Å². The Balaban J connectivity index is 3.11. The smallest absolute Gasteiger partial charge is 0.307 e. The molecule has 1 heterocycles. The molecule has 16 heavy (non-hydrogen) atoms. The molecule has 0 fully saturated rings. The monoisotopic (exact) mass is 224 g/mol. The van der Waals surface area contributed by atoms with Gasteiger partial charge in [-0.25, -0.2) is 0 Å². The fraction of sp³-hybridized carbons (Fsp3) is 0.667. The lowest BCUT2D eigenvalue weighted by atomic mass is 10.1. The zero-order valence-electron chi connectivity index (χ0n) is 10.4. The summed E-state index contributed by atoms with van der Waals surface area (Å²) in [7, 11) is 0. The van der Waals surface area contributed by atoms with Gasteiger partial charge in [0.25, 0.3) is 0 Å². The van der Waals surface area contributed by atoms with Crippen LogP contribution in [0, 0.1) is 0 Å². The molecule has 0 aliphatic carbocycles. The van der Waals surface area contributed by atoms with Gasteiger partial charge in [0.15, 0.2) is 0 Å². The minimum Gasteiger partial charge on any atom is -0.481 e. The summed E-state index contributed by atoms with van der Waals surface area (Å²) < 4.78 is 1.94. The molecule has 0 aliphatic rings. The second-order valence-corrected chi connectivity index (χ2v) is 5.02. The quantitative estimate of drug-likeness (QED) is 0.853.